The van der Waals surface area contributed by atoms with Gasteiger partial charge < -0.3 is 4.42 Å². The average molecular weight is 317 g/mol. The summed E-state index contributed by atoms with van der Waals surface area (Å²) in [5, 5.41) is 10.2. The molecule has 3 nitrogen and oxygen atoms in total. The molecule has 0 aliphatic heterocycles. The summed E-state index contributed by atoms with van der Waals surface area (Å²) in [6, 6.07) is 14.5. The Labute approximate surface area is 138 Å². The van der Waals surface area contributed by atoms with Crippen LogP contribution in [0.2, 0.25) is 0 Å². The lowest BCUT2D eigenvalue weighted by Crippen LogP contribution is -2.30. The highest BCUT2D eigenvalue weighted by Gasteiger charge is 2.22. The van der Waals surface area contributed by atoms with Crippen LogP contribution in [0.4, 0.5) is 4.39 Å². The molecule has 0 aliphatic rings. The first-order valence-electron chi connectivity index (χ1n) is 7.60. The predicted octanol–water partition coefficient (Wildman–Crippen LogP) is 4.40. The molecule has 0 spiro atoms. The Balaban J connectivity index is 2.22. The van der Waals surface area contributed by atoms with Crippen LogP contribution in [0.3, 0.4) is 0 Å². The van der Waals surface area contributed by atoms with Crippen LogP contribution in [0.15, 0.2) is 53.1 Å². The van der Waals surface area contributed by atoms with Crippen LogP contribution in [0.25, 0.3) is 33.2 Å². The summed E-state index contributed by atoms with van der Waals surface area (Å²) in [5.41, 5.74) is 4.22. The smallest absolute Gasteiger partial charge is 0.213 e. The molecule has 0 atom stereocenters. The highest BCUT2D eigenvalue weighted by atomic mass is 19.1. The van der Waals surface area contributed by atoms with Crippen molar-refractivity contribution in [2.45, 2.75) is 6.92 Å². The van der Waals surface area contributed by atoms with Crippen molar-refractivity contribution >= 4 is 21.9 Å². The number of furan rings is 1. The van der Waals surface area contributed by atoms with Crippen LogP contribution >= 0.6 is 0 Å². The second kappa shape index (κ2) is 5.17. The van der Waals surface area contributed by atoms with E-state index in [-0.39, 0.29) is 5.56 Å². The molecule has 0 bridgehead atoms. The molecule has 4 heteroatoms. The minimum Gasteiger partial charge on any atom is -0.456 e. The summed E-state index contributed by atoms with van der Waals surface area (Å²) in [6.07, 6.45) is 1.96. The molecule has 0 radical (unpaired) electrons. The van der Waals surface area contributed by atoms with Crippen LogP contribution in [-0.4, -0.2) is 0 Å². The Bertz CT molecular complexity index is 1150. The van der Waals surface area contributed by atoms with Crippen LogP contribution in [0, 0.1) is 24.1 Å². The molecule has 2 aromatic heterocycles. The summed E-state index contributed by atoms with van der Waals surface area (Å²) >= 11 is 0. The minimum atomic E-state index is -0.437. The summed E-state index contributed by atoms with van der Waals surface area (Å²) in [4.78, 5) is 0. The fourth-order valence-corrected chi connectivity index (χ4v) is 3.22. The normalized spacial score (nSPS) is 11.1. The van der Waals surface area contributed by atoms with Crippen molar-refractivity contribution in [1.82, 2.24) is 0 Å². The fraction of sp³-hybridized carbons (Fsp3) is 0.100. The Morgan fingerprint density at radius 2 is 1.92 bits per heavy atom. The second-order valence-electron chi connectivity index (χ2n) is 5.87. The van der Waals surface area contributed by atoms with Gasteiger partial charge in [-0.2, -0.15) is 5.26 Å². The molecule has 24 heavy (non-hydrogen) atoms. The zero-order chi connectivity index (χ0) is 16.8. The molecule has 0 amide bonds. The number of hydrogen-bond donors (Lipinski definition) is 0. The number of halogens is 1. The van der Waals surface area contributed by atoms with Crippen LogP contribution in [0.1, 0.15) is 11.1 Å². The molecule has 2 heterocycles. The molecule has 0 unspecified atom stereocenters. The van der Waals surface area contributed by atoms with Crippen LogP contribution < -0.4 is 4.57 Å². The Morgan fingerprint density at radius 1 is 1.08 bits per heavy atom. The lowest BCUT2D eigenvalue weighted by molar-refractivity contribution is -0.660. The van der Waals surface area contributed by atoms with Gasteiger partial charge in [0.25, 0.3) is 0 Å². The fourth-order valence-electron chi connectivity index (χ4n) is 3.22. The summed E-state index contributed by atoms with van der Waals surface area (Å²) in [5.74, 6) is -0.437. The SMILES string of the molecule is Cc1ccc2oc3cc(C#N)cc(F)c3c2c1-c1cccc[n+]1C. The summed E-state index contributed by atoms with van der Waals surface area (Å²) < 4.78 is 22.5. The zero-order valence-corrected chi connectivity index (χ0v) is 13.3. The monoisotopic (exact) mass is 317 g/mol. The molecule has 116 valence electrons. The lowest BCUT2D eigenvalue weighted by atomic mass is 9.97. The van der Waals surface area contributed by atoms with E-state index >= 15 is 0 Å². The van der Waals surface area contributed by atoms with Gasteiger partial charge in [0.2, 0.25) is 5.69 Å². The van der Waals surface area contributed by atoms with Gasteiger partial charge in [0.05, 0.1) is 22.6 Å². The molecular weight excluding hydrogens is 303 g/mol. The van der Waals surface area contributed by atoms with Gasteiger partial charge >= 0.3 is 0 Å². The second-order valence-corrected chi connectivity index (χ2v) is 5.87. The third kappa shape index (κ3) is 1.99. The number of benzene rings is 2. The molecular formula is C20H14FN2O+. The predicted molar refractivity (Wildman–Crippen MR) is 89.7 cm³/mol. The Kier molecular flexibility index (Phi) is 3.10. The lowest BCUT2D eigenvalue weighted by Gasteiger charge is -2.06. The standard InChI is InChI=1S/C20H14FN2O/c1-12-6-7-16-20(18(12)15-5-3-4-8-23(15)2)19-14(21)9-13(11-22)10-17(19)24-16/h3-10H,1-2H3/q+1. The van der Waals surface area contributed by atoms with E-state index in [1.54, 1.807) is 6.07 Å². The van der Waals surface area contributed by atoms with Crippen molar-refractivity contribution in [2.75, 3.05) is 0 Å². The highest BCUT2D eigenvalue weighted by molar-refractivity contribution is 6.13. The maximum atomic E-state index is 14.7. The van der Waals surface area contributed by atoms with Gasteiger partial charge in [0, 0.05) is 17.5 Å². The van der Waals surface area contributed by atoms with E-state index in [2.05, 4.69) is 0 Å². The first-order chi connectivity index (χ1) is 11.6. The van der Waals surface area contributed by atoms with Crippen molar-refractivity contribution in [3.05, 3.63) is 65.6 Å². The quantitative estimate of drug-likeness (QED) is 0.488. The summed E-state index contributed by atoms with van der Waals surface area (Å²) in [7, 11) is 1.96. The Hall–Kier alpha value is -3.19. The molecule has 0 saturated carbocycles. The van der Waals surface area contributed by atoms with E-state index in [4.69, 9.17) is 9.68 Å². The highest BCUT2D eigenvalue weighted by Crippen LogP contribution is 2.39. The number of rotatable bonds is 1. The van der Waals surface area contributed by atoms with E-state index in [0.29, 0.717) is 16.6 Å². The minimum absolute atomic E-state index is 0.252. The number of fused-ring (bicyclic) bond motifs is 3. The van der Waals surface area contributed by atoms with Crippen molar-refractivity contribution in [1.29, 1.82) is 5.26 Å². The number of nitriles is 1. The van der Waals surface area contributed by atoms with E-state index in [0.717, 1.165) is 22.2 Å². The van der Waals surface area contributed by atoms with Crippen molar-refractivity contribution in [2.24, 2.45) is 7.05 Å². The molecule has 4 aromatic rings. The van der Waals surface area contributed by atoms with Crippen molar-refractivity contribution in [3.8, 4) is 17.3 Å². The van der Waals surface area contributed by atoms with Crippen LogP contribution in [-0.2, 0) is 7.05 Å². The van der Waals surface area contributed by atoms with Gasteiger partial charge in [-0.15, -0.1) is 0 Å². The van der Waals surface area contributed by atoms with Crippen molar-refractivity contribution in [3.63, 3.8) is 0 Å². The van der Waals surface area contributed by atoms with Crippen molar-refractivity contribution < 1.29 is 13.4 Å². The first kappa shape index (κ1) is 14.4. The molecule has 4 rings (SSSR count). The van der Waals surface area contributed by atoms with E-state index in [9.17, 15) is 4.39 Å². The molecule has 0 N–H and O–H groups in total. The van der Waals surface area contributed by atoms with E-state index in [1.807, 2.05) is 61.1 Å². The van der Waals surface area contributed by atoms with Gasteiger partial charge in [0.15, 0.2) is 6.20 Å². The van der Waals surface area contributed by atoms with Gasteiger partial charge in [0.1, 0.15) is 24.0 Å². The number of pyridine rings is 1. The summed E-state index contributed by atoms with van der Waals surface area (Å²) in [6.45, 7) is 2.00. The van der Waals surface area contributed by atoms with Crippen LogP contribution in [0.5, 0.6) is 0 Å². The molecule has 2 aromatic carbocycles. The maximum absolute atomic E-state index is 14.7. The van der Waals surface area contributed by atoms with E-state index < -0.39 is 5.82 Å². The number of aromatic nitrogens is 1. The first-order valence-corrected chi connectivity index (χ1v) is 7.60. The van der Waals surface area contributed by atoms with Gasteiger partial charge in [-0.25, -0.2) is 8.96 Å². The molecule has 0 aliphatic carbocycles. The van der Waals surface area contributed by atoms with Gasteiger partial charge in [-0.1, -0.05) is 6.07 Å². The maximum Gasteiger partial charge on any atom is 0.213 e. The third-order valence-electron chi connectivity index (χ3n) is 4.34. The largest absolute Gasteiger partial charge is 0.456 e. The number of aryl methyl sites for hydroxylation is 2. The van der Waals surface area contributed by atoms with Gasteiger partial charge in [-0.3, -0.25) is 0 Å². The number of hydrogen-bond acceptors (Lipinski definition) is 2. The zero-order valence-electron chi connectivity index (χ0n) is 13.3. The number of nitrogens with zero attached hydrogens (tertiary/aromatic N) is 2. The Morgan fingerprint density at radius 3 is 2.67 bits per heavy atom. The molecule has 0 saturated heterocycles. The van der Waals surface area contributed by atoms with Gasteiger partial charge in [-0.05, 0) is 36.8 Å². The topological polar surface area (TPSA) is 40.8 Å². The molecule has 0 fully saturated rings. The average Bonchev–Trinajstić information content (AvgIpc) is 2.94. The third-order valence-corrected chi connectivity index (χ3v) is 4.34. The van der Waals surface area contributed by atoms with E-state index in [1.165, 1.54) is 6.07 Å².